The van der Waals surface area contributed by atoms with Gasteiger partial charge in [0.25, 0.3) is 0 Å². The number of aryl methyl sites for hydroxylation is 1. The molecule has 4 nitrogen and oxygen atoms in total. The average Bonchev–Trinajstić information content (AvgIpc) is 2.94. The van der Waals surface area contributed by atoms with Crippen molar-refractivity contribution < 1.29 is 9.90 Å². The minimum atomic E-state index is -0.101. The van der Waals surface area contributed by atoms with Crippen molar-refractivity contribution in [2.24, 2.45) is 11.3 Å². The van der Waals surface area contributed by atoms with Gasteiger partial charge in [-0.1, -0.05) is 30.3 Å². The number of piperidine rings is 1. The fraction of sp³-hybridized carbons (Fsp3) is 0.632. The van der Waals surface area contributed by atoms with Crippen molar-refractivity contribution in [1.29, 1.82) is 0 Å². The number of hydrogen-bond donors (Lipinski definition) is 1. The van der Waals surface area contributed by atoms with Gasteiger partial charge in [0.15, 0.2) is 0 Å². The zero-order valence-corrected chi connectivity index (χ0v) is 14.1. The normalized spacial score (nSPS) is 27.9. The predicted molar refractivity (Wildman–Crippen MR) is 91.1 cm³/mol. The Morgan fingerprint density at radius 2 is 2.09 bits per heavy atom. The molecule has 3 rings (SSSR count). The van der Waals surface area contributed by atoms with Gasteiger partial charge >= 0.3 is 0 Å². The van der Waals surface area contributed by atoms with E-state index < -0.39 is 0 Å². The SMILES string of the molecule is CC(=O)N1CCC2CN(CCCc3ccccc3)CC2(CO)C1. The number of fused-ring (bicyclic) bond motifs is 1. The van der Waals surface area contributed by atoms with Gasteiger partial charge in [-0.05, 0) is 37.3 Å². The Morgan fingerprint density at radius 1 is 1.30 bits per heavy atom. The van der Waals surface area contributed by atoms with Gasteiger partial charge in [0.1, 0.15) is 0 Å². The summed E-state index contributed by atoms with van der Waals surface area (Å²) in [7, 11) is 0. The summed E-state index contributed by atoms with van der Waals surface area (Å²) in [6, 6.07) is 10.6. The van der Waals surface area contributed by atoms with Crippen LogP contribution in [-0.2, 0) is 11.2 Å². The van der Waals surface area contributed by atoms with Gasteiger partial charge in [0.2, 0.25) is 5.91 Å². The van der Waals surface area contributed by atoms with E-state index in [-0.39, 0.29) is 17.9 Å². The molecule has 0 saturated carbocycles. The number of likely N-dealkylation sites (tertiary alicyclic amines) is 2. The summed E-state index contributed by atoms with van der Waals surface area (Å²) in [6.07, 6.45) is 3.28. The van der Waals surface area contributed by atoms with Crippen molar-refractivity contribution in [3.63, 3.8) is 0 Å². The molecule has 0 spiro atoms. The Morgan fingerprint density at radius 3 is 2.78 bits per heavy atom. The van der Waals surface area contributed by atoms with Gasteiger partial charge in [-0.15, -0.1) is 0 Å². The van der Waals surface area contributed by atoms with Crippen LogP contribution < -0.4 is 0 Å². The number of benzene rings is 1. The maximum Gasteiger partial charge on any atom is 0.219 e. The largest absolute Gasteiger partial charge is 0.396 e. The summed E-state index contributed by atoms with van der Waals surface area (Å²) in [4.78, 5) is 16.1. The Hall–Kier alpha value is -1.39. The van der Waals surface area contributed by atoms with Crippen LogP contribution in [0.25, 0.3) is 0 Å². The van der Waals surface area contributed by atoms with Crippen molar-refractivity contribution in [2.45, 2.75) is 26.2 Å². The van der Waals surface area contributed by atoms with Crippen molar-refractivity contribution in [3.8, 4) is 0 Å². The smallest absolute Gasteiger partial charge is 0.219 e. The van der Waals surface area contributed by atoms with Gasteiger partial charge in [0, 0.05) is 38.5 Å². The molecule has 126 valence electrons. The first kappa shape index (κ1) is 16.5. The Bertz CT molecular complexity index is 533. The van der Waals surface area contributed by atoms with Gasteiger partial charge in [0.05, 0.1) is 6.61 Å². The van der Waals surface area contributed by atoms with Gasteiger partial charge in [-0.25, -0.2) is 0 Å². The van der Waals surface area contributed by atoms with Crippen LogP contribution in [0.5, 0.6) is 0 Å². The van der Waals surface area contributed by atoms with E-state index in [0.717, 1.165) is 52.0 Å². The molecule has 0 radical (unpaired) electrons. The molecule has 2 heterocycles. The second kappa shape index (κ2) is 7.02. The maximum atomic E-state index is 11.7. The quantitative estimate of drug-likeness (QED) is 0.900. The first-order valence-corrected chi connectivity index (χ1v) is 8.76. The molecular weight excluding hydrogens is 288 g/mol. The zero-order valence-electron chi connectivity index (χ0n) is 14.1. The Balaban J connectivity index is 1.54. The summed E-state index contributed by atoms with van der Waals surface area (Å²) < 4.78 is 0. The topological polar surface area (TPSA) is 43.8 Å². The standard InChI is InChI=1S/C19H28N2O2/c1-16(23)21-11-9-18-12-20(13-19(18,14-21)15-22)10-5-8-17-6-3-2-4-7-17/h2-4,6-7,18,22H,5,8-15H2,1H3. The molecule has 2 unspecified atom stereocenters. The number of rotatable bonds is 5. The molecule has 23 heavy (non-hydrogen) atoms. The number of aliphatic hydroxyl groups excluding tert-OH is 1. The summed E-state index contributed by atoms with van der Waals surface area (Å²) in [5, 5.41) is 10.0. The van der Waals surface area contributed by atoms with Crippen molar-refractivity contribution in [1.82, 2.24) is 9.80 Å². The van der Waals surface area contributed by atoms with Crippen LogP contribution in [0.4, 0.5) is 0 Å². The summed E-state index contributed by atoms with van der Waals surface area (Å²) in [5.41, 5.74) is 1.29. The van der Waals surface area contributed by atoms with E-state index in [1.165, 1.54) is 5.56 Å². The minimum absolute atomic E-state index is 0.101. The van der Waals surface area contributed by atoms with Crippen LogP contribution in [0.1, 0.15) is 25.3 Å². The molecule has 0 bridgehead atoms. The van der Waals surface area contributed by atoms with E-state index in [4.69, 9.17) is 0 Å². The van der Waals surface area contributed by atoms with Gasteiger partial charge in [-0.2, -0.15) is 0 Å². The fourth-order valence-electron chi connectivity index (χ4n) is 4.31. The van der Waals surface area contributed by atoms with Gasteiger partial charge in [-0.3, -0.25) is 4.79 Å². The highest BCUT2D eigenvalue weighted by Gasteiger charge is 2.49. The summed E-state index contributed by atoms with van der Waals surface area (Å²) in [6.45, 7) is 6.47. The highest BCUT2D eigenvalue weighted by atomic mass is 16.3. The molecular formula is C19H28N2O2. The van der Waals surface area contributed by atoms with E-state index >= 15 is 0 Å². The van der Waals surface area contributed by atoms with Crippen molar-refractivity contribution >= 4 is 5.91 Å². The zero-order chi connectivity index (χ0) is 16.3. The lowest BCUT2D eigenvalue weighted by Gasteiger charge is -2.42. The third kappa shape index (κ3) is 3.59. The third-order valence-corrected chi connectivity index (χ3v) is 5.68. The number of hydrogen-bond acceptors (Lipinski definition) is 3. The molecule has 1 N–H and O–H groups in total. The number of nitrogens with zero attached hydrogens (tertiary/aromatic N) is 2. The van der Waals surface area contributed by atoms with E-state index in [9.17, 15) is 9.90 Å². The molecule has 1 aromatic carbocycles. The van der Waals surface area contributed by atoms with Crippen LogP contribution in [0.2, 0.25) is 0 Å². The van der Waals surface area contributed by atoms with E-state index in [0.29, 0.717) is 5.92 Å². The minimum Gasteiger partial charge on any atom is -0.396 e. The summed E-state index contributed by atoms with van der Waals surface area (Å²) >= 11 is 0. The molecule has 1 amide bonds. The lowest BCUT2D eigenvalue weighted by Crippen LogP contribution is -2.52. The van der Waals surface area contributed by atoms with Gasteiger partial charge < -0.3 is 14.9 Å². The number of carbonyl (C=O) groups excluding carboxylic acids is 1. The molecule has 2 fully saturated rings. The average molecular weight is 316 g/mol. The van der Waals surface area contributed by atoms with E-state index in [1.54, 1.807) is 6.92 Å². The summed E-state index contributed by atoms with van der Waals surface area (Å²) in [5.74, 6) is 0.665. The molecule has 0 aliphatic carbocycles. The molecule has 2 saturated heterocycles. The number of amides is 1. The van der Waals surface area contributed by atoms with E-state index in [2.05, 4.69) is 35.2 Å². The second-order valence-electron chi connectivity index (χ2n) is 7.27. The highest BCUT2D eigenvalue weighted by molar-refractivity contribution is 5.73. The number of carbonyl (C=O) groups is 1. The lowest BCUT2D eigenvalue weighted by atomic mass is 9.74. The van der Waals surface area contributed by atoms with Crippen LogP contribution in [0, 0.1) is 11.3 Å². The van der Waals surface area contributed by atoms with Crippen LogP contribution >= 0.6 is 0 Å². The van der Waals surface area contributed by atoms with Crippen LogP contribution in [0.3, 0.4) is 0 Å². The van der Waals surface area contributed by atoms with Crippen LogP contribution in [0.15, 0.2) is 30.3 Å². The van der Waals surface area contributed by atoms with Crippen molar-refractivity contribution in [2.75, 3.05) is 39.3 Å². The first-order chi connectivity index (χ1) is 11.1. The monoisotopic (exact) mass is 316 g/mol. The Kier molecular flexibility index (Phi) is 5.02. The third-order valence-electron chi connectivity index (χ3n) is 5.68. The highest BCUT2D eigenvalue weighted by Crippen LogP contribution is 2.41. The van der Waals surface area contributed by atoms with Crippen LogP contribution in [-0.4, -0.2) is 60.1 Å². The molecule has 4 heteroatoms. The molecule has 0 aromatic heterocycles. The second-order valence-corrected chi connectivity index (χ2v) is 7.27. The molecule has 2 aliphatic heterocycles. The predicted octanol–water partition coefficient (Wildman–Crippen LogP) is 1.78. The Labute approximate surface area is 139 Å². The lowest BCUT2D eigenvalue weighted by molar-refractivity contribution is -0.134. The maximum absolute atomic E-state index is 11.7. The first-order valence-electron chi connectivity index (χ1n) is 8.76. The van der Waals surface area contributed by atoms with E-state index in [1.807, 2.05) is 4.90 Å². The number of aliphatic hydroxyl groups is 1. The molecule has 2 aliphatic rings. The van der Waals surface area contributed by atoms with Crippen molar-refractivity contribution in [3.05, 3.63) is 35.9 Å². The fourth-order valence-corrected chi connectivity index (χ4v) is 4.31. The molecule has 1 aromatic rings. The molecule has 2 atom stereocenters.